The van der Waals surface area contributed by atoms with Crippen LogP contribution < -0.4 is 29.6 Å². The summed E-state index contributed by atoms with van der Waals surface area (Å²) in [6.07, 6.45) is -0.375. The van der Waals surface area contributed by atoms with Crippen molar-refractivity contribution >= 4 is 48.9 Å². The Bertz CT molecular complexity index is 679. The van der Waals surface area contributed by atoms with Crippen molar-refractivity contribution in [3.05, 3.63) is 0 Å². The average molecular weight is 504 g/mol. The zero-order valence-corrected chi connectivity index (χ0v) is 20.6. The first-order valence-electron chi connectivity index (χ1n) is 7.01. The zero-order chi connectivity index (χ0) is 20.5. The molecule has 18 heteroatoms. The van der Waals surface area contributed by atoms with Crippen LogP contribution in [0.1, 0.15) is 20.7 Å². The Labute approximate surface area is 187 Å². The van der Waals surface area contributed by atoms with Crippen molar-refractivity contribution in [2.45, 2.75) is 19.3 Å². The molecule has 0 bridgehead atoms. The van der Waals surface area contributed by atoms with Crippen molar-refractivity contribution in [1.29, 1.82) is 0 Å². The monoisotopic (exact) mass is 504 g/mol. The van der Waals surface area contributed by atoms with Crippen LogP contribution in [0.5, 0.6) is 0 Å². The van der Waals surface area contributed by atoms with Crippen LogP contribution >= 0.6 is 6.72 Å². The quantitative estimate of drug-likeness (QED) is 0.0898. The molecule has 160 valence electrons. The maximum Gasteiger partial charge on any atom is 1.00 e. The van der Waals surface area contributed by atoms with Crippen LogP contribution in [0.25, 0.3) is 0 Å². The molecular weight excluding hydrogens is 482 g/mol. The Morgan fingerprint density at radius 2 is 0.889 bits per heavy atom. The van der Waals surface area contributed by atoms with E-state index in [9.17, 15) is 25.3 Å². The average Bonchev–Trinajstić information content (AvgIpc) is 2.42. The Morgan fingerprint density at radius 3 is 1.07 bits per heavy atom. The fraction of sp³-hybridized carbons (Fsp3) is 1.00. The second-order valence-electron chi connectivity index (χ2n) is 4.87. The van der Waals surface area contributed by atoms with Gasteiger partial charge in [0, 0.05) is 0 Å². The van der Waals surface area contributed by atoms with E-state index in [4.69, 9.17) is 39.0 Å². The van der Waals surface area contributed by atoms with Gasteiger partial charge in [-0.25, -0.2) is 0 Å². The number of hydrogen-bond donors (Lipinski definition) is 3. The minimum Gasteiger partial charge on any atom is -1.00 e. The summed E-state index contributed by atoms with van der Waals surface area (Å²) in [4.78, 5) is 0. The molecule has 0 aliphatic carbocycles. The van der Waals surface area contributed by atoms with Crippen LogP contribution in [-0.4, -0.2) is 76.0 Å². The maximum atomic E-state index is 10.6. The molecule has 27 heavy (non-hydrogen) atoms. The summed E-state index contributed by atoms with van der Waals surface area (Å²) in [5.41, 5.74) is 0. The molecule has 0 amide bonds. The second-order valence-corrected chi connectivity index (χ2v) is 12.6. The number of hydrogen-bond acceptors (Lipinski definition) is 10. The smallest absolute Gasteiger partial charge is 1.00 e. The maximum absolute atomic E-state index is 10.6. The van der Waals surface area contributed by atoms with E-state index in [1.54, 1.807) is 0 Å². The fourth-order valence-corrected chi connectivity index (χ4v) is 4.77. The molecule has 0 saturated heterocycles. The van der Waals surface area contributed by atoms with Crippen LogP contribution in [0, 0.1) is 0 Å². The van der Waals surface area contributed by atoms with Crippen LogP contribution in [0.4, 0.5) is 0 Å². The predicted molar refractivity (Wildman–Crippen MR) is 96.4 cm³/mol. The molecule has 0 rings (SSSR count). The van der Waals surface area contributed by atoms with Crippen LogP contribution in [0.2, 0.25) is 0 Å². The standard InChI is InChI=1S/C9H21O12PS4.Na.H/c10-24(11,12)7-1-4-19-22(23,20-5-2-8-25(13,14)15)21-6-3-9-26(16,17)18;;/h1-9H2,(H,10,11,12)(H,13,14,15)(H,16,17,18);;/q;+1;-1. The molecule has 0 saturated carbocycles. The predicted octanol–water partition coefficient (Wildman–Crippen LogP) is -2.79. The summed E-state index contributed by atoms with van der Waals surface area (Å²) in [6, 6.07) is 0. The fourth-order valence-electron chi connectivity index (χ4n) is 1.36. The third-order valence-corrected chi connectivity index (χ3v) is 7.25. The van der Waals surface area contributed by atoms with E-state index in [1.165, 1.54) is 0 Å². The molecule has 0 aliphatic rings. The first kappa shape index (κ1) is 30.5. The van der Waals surface area contributed by atoms with Gasteiger partial charge in [-0.05, 0) is 31.1 Å². The summed E-state index contributed by atoms with van der Waals surface area (Å²) >= 11 is 5.03. The van der Waals surface area contributed by atoms with Crippen molar-refractivity contribution in [2.75, 3.05) is 37.1 Å². The second kappa shape index (κ2) is 13.5. The summed E-state index contributed by atoms with van der Waals surface area (Å²) in [7, 11) is -12.6. The molecular formula is C9H22NaO12PS4. The van der Waals surface area contributed by atoms with E-state index >= 15 is 0 Å². The zero-order valence-electron chi connectivity index (χ0n) is 15.5. The minimum absolute atomic E-state index is 0. The summed E-state index contributed by atoms with van der Waals surface area (Å²) in [6.45, 7) is -4.23. The van der Waals surface area contributed by atoms with Gasteiger partial charge in [0.15, 0.2) is 0 Å². The first-order chi connectivity index (χ1) is 11.6. The van der Waals surface area contributed by atoms with Crippen molar-refractivity contribution in [3.8, 4) is 0 Å². The van der Waals surface area contributed by atoms with E-state index < -0.39 is 54.3 Å². The molecule has 0 unspecified atom stereocenters. The third kappa shape index (κ3) is 21.8. The molecule has 3 N–H and O–H groups in total. The molecule has 0 fully saturated rings. The molecule has 12 nitrogen and oxygen atoms in total. The summed E-state index contributed by atoms with van der Waals surface area (Å²) in [5, 5.41) is 0. The SMILES string of the molecule is O=S(=O)(O)CCCOP(=S)(OCCCS(=O)(=O)O)OCCCS(=O)(=O)O.[H-].[Na+]. The molecule has 0 heterocycles. The first-order valence-corrected chi connectivity index (χ1v) is 14.4. The molecule has 0 aromatic heterocycles. The van der Waals surface area contributed by atoms with Gasteiger partial charge in [-0.3, -0.25) is 13.7 Å². The van der Waals surface area contributed by atoms with Gasteiger partial charge in [0.1, 0.15) is 0 Å². The Hall–Kier alpha value is 1.26. The molecule has 0 spiro atoms. The largest absolute Gasteiger partial charge is 1.00 e. The van der Waals surface area contributed by atoms with Gasteiger partial charge in [-0.2, -0.15) is 25.3 Å². The Balaban J connectivity index is -0.00000312. The van der Waals surface area contributed by atoms with Crippen molar-refractivity contribution in [2.24, 2.45) is 0 Å². The molecule has 0 aliphatic heterocycles. The van der Waals surface area contributed by atoms with Gasteiger partial charge in [0.25, 0.3) is 30.4 Å². The topological polar surface area (TPSA) is 191 Å². The van der Waals surface area contributed by atoms with E-state index in [-0.39, 0.29) is 70.1 Å². The van der Waals surface area contributed by atoms with Crippen molar-refractivity contribution in [1.82, 2.24) is 0 Å². The van der Waals surface area contributed by atoms with Gasteiger partial charge in [-0.1, -0.05) is 0 Å². The van der Waals surface area contributed by atoms with E-state index in [0.29, 0.717) is 0 Å². The molecule has 0 aromatic rings. The van der Waals surface area contributed by atoms with E-state index in [1.807, 2.05) is 0 Å². The van der Waals surface area contributed by atoms with Gasteiger partial charge in [0.05, 0.1) is 37.1 Å². The van der Waals surface area contributed by atoms with Crippen LogP contribution in [-0.2, 0) is 55.7 Å². The van der Waals surface area contributed by atoms with Gasteiger partial charge >= 0.3 is 36.3 Å². The van der Waals surface area contributed by atoms with Crippen LogP contribution in [0.15, 0.2) is 0 Å². The van der Waals surface area contributed by atoms with Crippen LogP contribution in [0.3, 0.4) is 0 Å². The molecule has 0 atom stereocenters. The van der Waals surface area contributed by atoms with E-state index in [2.05, 4.69) is 0 Å². The Morgan fingerprint density at radius 1 is 0.667 bits per heavy atom. The van der Waals surface area contributed by atoms with Gasteiger partial charge < -0.3 is 15.0 Å². The third-order valence-electron chi connectivity index (χ3n) is 2.39. The normalized spacial score (nSPS) is 13.3. The minimum atomic E-state index is -4.19. The summed E-state index contributed by atoms with van der Waals surface area (Å²) < 4.78 is 105. The van der Waals surface area contributed by atoms with E-state index in [0.717, 1.165) is 0 Å². The summed E-state index contributed by atoms with van der Waals surface area (Å²) in [5.74, 6) is -1.77. The van der Waals surface area contributed by atoms with Gasteiger partial charge in [-0.15, -0.1) is 0 Å². The Kier molecular flexibility index (Phi) is 15.3. The van der Waals surface area contributed by atoms with Crippen molar-refractivity contribution in [3.63, 3.8) is 0 Å². The van der Waals surface area contributed by atoms with Crippen molar-refractivity contribution < 1.29 is 83.5 Å². The van der Waals surface area contributed by atoms with Gasteiger partial charge in [0.2, 0.25) is 0 Å². The number of rotatable bonds is 15. The molecule has 0 aromatic carbocycles. The molecule has 0 radical (unpaired) electrons.